The zero-order valence-corrected chi connectivity index (χ0v) is 17.0. The fourth-order valence-corrected chi connectivity index (χ4v) is 4.37. The molecule has 2 heterocycles. The first-order chi connectivity index (χ1) is 13.5. The van der Waals surface area contributed by atoms with Gasteiger partial charge in [0.05, 0.1) is 29.4 Å². The average Bonchev–Trinajstić information content (AvgIpc) is 3.32. The molecule has 0 spiro atoms. The Hall–Kier alpha value is -2.92. The van der Waals surface area contributed by atoms with Crippen LogP contribution in [0.1, 0.15) is 28.0 Å². The highest BCUT2D eigenvalue weighted by molar-refractivity contribution is 7.22. The number of anilines is 1. The van der Waals surface area contributed by atoms with Crippen LogP contribution >= 0.6 is 11.3 Å². The predicted molar refractivity (Wildman–Crippen MR) is 114 cm³/mol. The van der Waals surface area contributed by atoms with Crippen LogP contribution in [-0.4, -0.2) is 10.9 Å². The van der Waals surface area contributed by atoms with Crippen molar-refractivity contribution >= 4 is 32.6 Å². The van der Waals surface area contributed by atoms with E-state index in [-0.39, 0.29) is 5.91 Å². The topological polar surface area (TPSA) is 46.3 Å². The molecule has 0 fully saturated rings. The zero-order chi connectivity index (χ0) is 19.7. The number of benzene rings is 2. The fourth-order valence-electron chi connectivity index (χ4n) is 3.31. The molecule has 0 unspecified atom stereocenters. The van der Waals surface area contributed by atoms with E-state index in [1.807, 2.05) is 56.3 Å². The minimum absolute atomic E-state index is 0.0139. The van der Waals surface area contributed by atoms with Crippen LogP contribution in [0.2, 0.25) is 0 Å². The smallest absolute Gasteiger partial charge is 0.233 e. The number of carbonyl (C=O) groups excluding carboxylic acids is 1. The molecule has 0 aliphatic rings. The number of rotatable bonds is 5. The third kappa shape index (κ3) is 3.71. The van der Waals surface area contributed by atoms with E-state index < -0.39 is 0 Å². The van der Waals surface area contributed by atoms with Crippen molar-refractivity contribution in [3.8, 4) is 0 Å². The third-order valence-corrected chi connectivity index (χ3v) is 5.92. The molecule has 4 nitrogen and oxygen atoms in total. The molecular weight excluding hydrogens is 368 g/mol. The lowest BCUT2D eigenvalue weighted by Gasteiger charge is -2.19. The lowest BCUT2D eigenvalue weighted by atomic mass is 10.0. The van der Waals surface area contributed by atoms with E-state index in [0.29, 0.717) is 18.1 Å². The predicted octanol–water partition coefficient (Wildman–Crippen LogP) is 5.59. The highest BCUT2D eigenvalue weighted by Gasteiger charge is 2.22. The first-order valence-corrected chi connectivity index (χ1v) is 10.1. The molecule has 0 aliphatic carbocycles. The van der Waals surface area contributed by atoms with E-state index in [2.05, 4.69) is 13.0 Å². The summed E-state index contributed by atoms with van der Waals surface area (Å²) in [5, 5.41) is 0.704. The number of thiazole rings is 1. The SMILES string of the molecule is Cc1ccc(CC(=O)N(Cc2ccco2)c2nc3c(C)cccc3s2)c(C)c1. The number of para-hydroxylation sites is 1. The Bertz CT molecular complexity index is 1130. The first-order valence-electron chi connectivity index (χ1n) is 9.26. The Morgan fingerprint density at radius 1 is 1.07 bits per heavy atom. The van der Waals surface area contributed by atoms with E-state index in [0.717, 1.165) is 32.7 Å². The summed E-state index contributed by atoms with van der Waals surface area (Å²) in [7, 11) is 0. The summed E-state index contributed by atoms with van der Waals surface area (Å²) >= 11 is 1.54. The first kappa shape index (κ1) is 18.4. The molecular formula is C23H22N2O2S. The number of carbonyl (C=O) groups is 1. The molecule has 0 aliphatic heterocycles. The molecule has 0 bridgehead atoms. The number of fused-ring (bicyclic) bond motifs is 1. The molecule has 28 heavy (non-hydrogen) atoms. The Morgan fingerprint density at radius 3 is 2.64 bits per heavy atom. The van der Waals surface area contributed by atoms with E-state index in [9.17, 15) is 4.79 Å². The van der Waals surface area contributed by atoms with Crippen molar-refractivity contribution in [1.82, 2.24) is 4.98 Å². The monoisotopic (exact) mass is 390 g/mol. The second kappa shape index (κ2) is 7.60. The van der Waals surface area contributed by atoms with Gasteiger partial charge in [0, 0.05) is 0 Å². The maximum absolute atomic E-state index is 13.3. The number of hydrogen-bond acceptors (Lipinski definition) is 4. The molecule has 0 saturated carbocycles. The van der Waals surface area contributed by atoms with Crippen molar-refractivity contribution < 1.29 is 9.21 Å². The van der Waals surface area contributed by atoms with Crippen molar-refractivity contribution in [2.24, 2.45) is 0 Å². The molecule has 2 aromatic heterocycles. The molecule has 5 heteroatoms. The lowest BCUT2D eigenvalue weighted by Crippen LogP contribution is -2.31. The molecule has 1 amide bonds. The zero-order valence-electron chi connectivity index (χ0n) is 16.2. The summed E-state index contributed by atoms with van der Waals surface area (Å²) in [5.74, 6) is 0.755. The van der Waals surface area contributed by atoms with Gasteiger partial charge in [-0.15, -0.1) is 0 Å². The summed E-state index contributed by atoms with van der Waals surface area (Å²) in [5.41, 5.74) is 5.43. The Morgan fingerprint density at radius 2 is 1.93 bits per heavy atom. The standard InChI is InChI=1S/C23H22N2O2S/c1-15-9-10-18(17(3)12-15)13-21(26)25(14-19-7-5-11-27-19)23-24-22-16(2)6-4-8-20(22)28-23/h4-12H,13-14H2,1-3H3. The molecule has 4 rings (SSSR count). The number of nitrogens with zero attached hydrogens (tertiary/aromatic N) is 2. The summed E-state index contributed by atoms with van der Waals surface area (Å²) in [6.45, 7) is 6.52. The van der Waals surface area contributed by atoms with Crippen molar-refractivity contribution in [3.05, 3.63) is 82.8 Å². The van der Waals surface area contributed by atoms with E-state index in [1.165, 1.54) is 16.9 Å². The summed E-state index contributed by atoms with van der Waals surface area (Å²) in [6, 6.07) is 16.0. The number of aryl methyl sites for hydroxylation is 3. The van der Waals surface area contributed by atoms with Crippen LogP contribution in [0.3, 0.4) is 0 Å². The van der Waals surface area contributed by atoms with Crippen LogP contribution in [0.5, 0.6) is 0 Å². The Kier molecular flexibility index (Phi) is 5.01. The van der Waals surface area contributed by atoms with Gasteiger partial charge in [0.15, 0.2) is 5.13 Å². The Labute approximate surface area is 168 Å². The van der Waals surface area contributed by atoms with Gasteiger partial charge in [-0.3, -0.25) is 9.69 Å². The number of amides is 1. The molecule has 0 atom stereocenters. The normalized spacial score (nSPS) is 11.1. The van der Waals surface area contributed by atoms with Crippen LogP contribution in [0, 0.1) is 20.8 Å². The van der Waals surface area contributed by atoms with Gasteiger partial charge in [-0.2, -0.15) is 0 Å². The summed E-state index contributed by atoms with van der Waals surface area (Å²) < 4.78 is 6.59. The number of furan rings is 1. The molecule has 0 radical (unpaired) electrons. The maximum Gasteiger partial charge on any atom is 0.233 e. The highest BCUT2D eigenvalue weighted by Crippen LogP contribution is 2.32. The minimum atomic E-state index is 0.0139. The number of aromatic nitrogens is 1. The Balaban J connectivity index is 1.69. The highest BCUT2D eigenvalue weighted by atomic mass is 32.1. The van der Waals surface area contributed by atoms with Crippen LogP contribution in [0.15, 0.2) is 59.2 Å². The third-order valence-electron chi connectivity index (χ3n) is 4.88. The van der Waals surface area contributed by atoms with Gasteiger partial charge < -0.3 is 4.42 Å². The molecule has 142 valence electrons. The average molecular weight is 391 g/mol. The van der Waals surface area contributed by atoms with Crippen molar-refractivity contribution in [1.29, 1.82) is 0 Å². The largest absolute Gasteiger partial charge is 0.467 e. The molecule has 4 aromatic rings. The van der Waals surface area contributed by atoms with E-state index in [4.69, 9.17) is 9.40 Å². The fraction of sp³-hybridized carbons (Fsp3) is 0.217. The summed E-state index contributed by atoms with van der Waals surface area (Å²) in [6.07, 6.45) is 1.96. The van der Waals surface area contributed by atoms with Gasteiger partial charge in [-0.1, -0.05) is 47.2 Å². The van der Waals surface area contributed by atoms with Crippen LogP contribution < -0.4 is 4.90 Å². The van der Waals surface area contributed by atoms with Gasteiger partial charge in [0.1, 0.15) is 5.76 Å². The lowest BCUT2D eigenvalue weighted by molar-refractivity contribution is -0.118. The second-order valence-corrected chi connectivity index (χ2v) is 8.09. The van der Waals surface area contributed by atoms with Gasteiger partial charge >= 0.3 is 0 Å². The van der Waals surface area contributed by atoms with Crippen LogP contribution in [0.4, 0.5) is 5.13 Å². The molecule has 0 saturated heterocycles. The van der Waals surface area contributed by atoms with Crippen molar-refractivity contribution in [2.75, 3.05) is 4.90 Å². The van der Waals surface area contributed by atoms with Crippen molar-refractivity contribution in [2.45, 2.75) is 33.7 Å². The summed E-state index contributed by atoms with van der Waals surface area (Å²) in [4.78, 5) is 19.8. The van der Waals surface area contributed by atoms with Crippen molar-refractivity contribution in [3.63, 3.8) is 0 Å². The quantitative estimate of drug-likeness (QED) is 0.446. The van der Waals surface area contributed by atoms with Gasteiger partial charge in [0.2, 0.25) is 5.91 Å². The van der Waals surface area contributed by atoms with E-state index >= 15 is 0 Å². The van der Waals surface area contributed by atoms with E-state index in [1.54, 1.807) is 11.2 Å². The molecule has 0 N–H and O–H groups in total. The van der Waals surface area contributed by atoms with Gasteiger partial charge in [-0.05, 0) is 55.7 Å². The number of hydrogen-bond donors (Lipinski definition) is 0. The van der Waals surface area contributed by atoms with Crippen LogP contribution in [-0.2, 0) is 17.8 Å². The second-order valence-electron chi connectivity index (χ2n) is 7.08. The van der Waals surface area contributed by atoms with Gasteiger partial charge in [-0.25, -0.2) is 4.98 Å². The maximum atomic E-state index is 13.3. The molecule has 2 aromatic carbocycles. The minimum Gasteiger partial charge on any atom is -0.467 e. The van der Waals surface area contributed by atoms with Crippen LogP contribution in [0.25, 0.3) is 10.2 Å². The van der Waals surface area contributed by atoms with Gasteiger partial charge in [0.25, 0.3) is 0 Å².